The number of methoxy groups -OCH3 is 2. The zero-order chi connectivity index (χ0) is 20.2. The molecule has 0 fully saturated rings. The van der Waals surface area contributed by atoms with Gasteiger partial charge in [0, 0.05) is 22.9 Å². The largest absolute Gasteiger partial charge is 0.497 e. The number of carbonyl (C=O) groups is 1. The van der Waals surface area contributed by atoms with E-state index in [2.05, 4.69) is 0 Å². The van der Waals surface area contributed by atoms with Crippen molar-refractivity contribution in [2.45, 2.75) is 6.42 Å². The van der Waals surface area contributed by atoms with Gasteiger partial charge in [-0.15, -0.1) is 0 Å². The third kappa shape index (κ3) is 3.97. The number of hydrogen-bond acceptors (Lipinski definition) is 4. The molecule has 4 nitrogen and oxygen atoms in total. The molecule has 29 heavy (non-hydrogen) atoms. The first-order valence-electron chi connectivity index (χ1n) is 9.38. The highest BCUT2D eigenvalue weighted by atomic mass is 16.5. The predicted octanol–water partition coefficient (Wildman–Crippen LogP) is 5.34. The van der Waals surface area contributed by atoms with Gasteiger partial charge < -0.3 is 9.47 Å². The summed E-state index contributed by atoms with van der Waals surface area (Å²) in [4.78, 5) is 17.7. The van der Waals surface area contributed by atoms with E-state index in [0.717, 1.165) is 39.2 Å². The summed E-state index contributed by atoms with van der Waals surface area (Å²) in [6.45, 7) is 0. The van der Waals surface area contributed by atoms with Gasteiger partial charge in [-0.05, 0) is 66.2 Å². The molecule has 1 heterocycles. The fraction of sp³-hybridized carbons (Fsp3) is 0.120. The monoisotopic (exact) mass is 383 g/mol. The maximum atomic E-state index is 12.9. The molecule has 4 rings (SSSR count). The fourth-order valence-corrected chi connectivity index (χ4v) is 3.36. The van der Waals surface area contributed by atoms with Crippen LogP contribution < -0.4 is 9.47 Å². The highest BCUT2D eigenvalue weighted by Gasteiger charge is 2.13. The van der Waals surface area contributed by atoms with Crippen LogP contribution in [-0.4, -0.2) is 25.0 Å². The van der Waals surface area contributed by atoms with Crippen molar-refractivity contribution in [3.8, 4) is 22.8 Å². The lowest BCUT2D eigenvalue weighted by Gasteiger charge is -2.10. The molecule has 1 aromatic heterocycles. The van der Waals surface area contributed by atoms with Gasteiger partial charge in [0.2, 0.25) is 0 Å². The molecular weight excluding hydrogens is 362 g/mol. The quantitative estimate of drug-likeness (QED) is 0.422. The van der Waals surface area contributed by atoms with Crippen LogP contribution in [0.15, 0.2) is 78.9 Å². The van der Waals surface area contributed by atoms with Crippen LogP contribution in [0.25, 0.3) is 22.2 Å². The Labute approximate surface area is 169 Å². The molecule has 4 heteroatoms. The lowest BCUT2D eigenvalue weighted by molar-refractivity contribution is 0.0993. The minimum atomic E-state index is 0.0599. The van der Waals surface area contributed by atoms with Crippen molar-refractivity contribution in [3.05, 3.63) is 90.0 Å². The van der Waals surface area contributed by atoms with E-state index in [4.69, 9.17) is 14.5 Å². The highest BCUT2D eigenvalue weighted by Crippen LogP contribution is 2.27. The van der Waals surface area contributed by atoms with Crippen LogP contribution in [0.5, 0.6) is 11.5 Å². The molecule has 144 valence electrons. The number of fused-ring (bicyclic) bond motifs is 1. The van der Waals surface area contributed by atoms with Crippen molar-refractivity contribution < 1.29 is 14.3 Å². The lowest BCUT2D eigenvalue weighted by atomic mass is 9.97. The minimum Gasteiger partial charge on any atom is -0.497 e. The normalized spacial score (nSPS) is 10.7. The van der Waals surface area contributed by atoms with Crippen molar-refractivity contribution in [2.75, 3.05) is 14.2 Å². The summed E-state index contributed by atoms with van der Waals surface area (Å²) in [6, 6.07) is 24.9. The molecule has 3 aromatic carbocycles. The Hall–Kier alpha value is -3.66. The number of benzene rings is 3. The molecule has 0 unspecified atom stereocenters. The van der Waals surface area contributed by atoms with Gasteiger partial charge in [0.1, 0.15) is 11.5 Å². The molecule has 0 aliphatic carbocycles. The molecule has 4 aromatic rings. The molecule has 0 bridgehead atoms. The molecule has 0 radical (unpaired) electrons. The zero-order valence-electron chi connectivity index (χ0n) is 16.4. The van der Waals surface area contributed by atoms with E-state index in [1.165, 1.54) is 0 Å². The average molecular weight is 383 g/mol. The van der Waals surface area contributed by atoms with Crippen LogP contribution in [0.1, 0.15) is 15.9 Å². The van der Waals surface area contributed by atoms with Crippen molar-refractivity contribution in [1.82, 2.24) is 4.98 Å². The van der Waals surface area contributed by atoms with Crippen LogP contribution in [0.3, 0.4) is 0 Å². The number of ether oxygens (including phenoxy) is 2. The molecule has 0 spiro atoms. The summed E-state index contributed by atoms with van der Waals surface area (Å²) in [5, 5.41) is 0.992. The molecule has 0 aliphatic rings. The van der Waals surface area contributed by atoms with Crippen molar-refractivity contribution >= 4 is 16.7 Å². The predicted molar refractivity (Wildman–Crippen MR) is 115 cm³/mol. The highest BCUT2D eigenvalue weighted by molar-refractivity contribution is 6.00. The Kier molecular flexibility index (Phi) is 5.25. The second kappa shape index (κ2) is 8.15. The molecule has 0 amide bonds. The molecule has 0 atom stereocenters. The first-order chi connectivity index (χ1) is 14.2. The van der Waals surface area contributed by atoms with Gasteiger partial charge >= 0.3 is 0 Å². The van der Waals surface area contributed by atoms with Crippen molar-refractivity contribution in [3.63, 3.8) is 0 Å². The van der Waals surface area contributed by atoms with E-state index in [9.17, 15) is 4.79 Å². The zero-order valence-corrected chi connectivity index (χ0v) is 16.4. The Bertz CT molecular complexity index is 1150. The number of rotatable bonds is 6. The van der Waals surface area contributed by atoms with E-state index in [1.54, 1.807) is 38.5 Å². The Morgan fingerprint density at radius 3 is 2.10 bits per heavy atom. The van der Waals surface area contributed by atoms with Gasteiger partial charge in [-0.1, -0.05) is 18.2 Å². The molecule has 0 aliphatic heterocycles. The summed E-state index contributed by atoms with van der Waals surface area (Å²) in [7, 11) is 3.26. The fourth-order valence-electron chi connectivity index (χ4n) is 3.36. The van der Waals surface area contributed by atoms with Gasteiger partial charge in [0.25, 0.3) is 0 Å². The number of carbonyl (C=O) groups excluding carboxylic acids is 1. The number of hydrogen-bond donors (Lipinski definition) is 0. The molecule has 0 saturated heterocycles. The van der Waals surface area contributed by atoms with Crippen LogP contribution in [0.4, 0.5) is 0 Å². The first kappa shape index (κ1) is 18.7. The van der Waals surface area contributed by atoms with Crippen LogP contribution in [0.2, 0.25) is 0 Å². The number of ketones is 1. The van der Waals surface area contributed by atoms with Crippen LogP contribution in [-0.2, 0) is 6.42 Å². The third-order valence-electron chi connectivity index (χ3n) is 4.95. The van der Waals surface area contributed by atoms with Crippen molar-refractivity contribution in [2.24, 2.45) is 0 Å². The number of pyridine rings is 1. The summed E-state index contributed by atoms with van der Waals surface area (Å²) in [6.07, 6.45) is 0.304. The number of Topliss-reactive ketones (excluding diaryl/α,β-unsaturated/α-hetero) is 1. The maximum absolute atomic E-state index is 12.9. The molecule has 0 N–H and O–H groups in total. The van der Waals surface area contributed by atoms with E-state index in [1.807, 2.05) is 54.6 Å². The Balaban J connectivity index is 1.72. The number of aromatic nitrogens is 1. The molecule has 0 saturated carbocycles. The van der Waals surface area contributed by atoms with E-state index in [0.29, 0.717) is 12.0 Å². The third-order valence-corrected chi connectivity index (χ3v) is 4.95. The van der Waals surface area contributed by atoms with Crippen LogP contribution >= 0.6 is 0 Å². The topological polar surface area (TPSA) is 48.4 Å². The van der Waals surface area contributed by atoms with Gasteiger partial charge in [0.15, 0.2) is 5.78 Å². The summed E-state index contributed by atoms with van der Waals surface area (Å²) in [5.41, 5.74) is 4.32. The summed E-state index contributed by atoms with van der Waals surface area (Å²) >= 11 is 0. The number of para-hydroxylation sites is 1. The standard InChI is InChI=1S/C25H21NO3/c1-28-20-11-7-17(8-12-20)24-15-19(22-5-3-4-6-23(22)26-24)16-25(27)18-9-13-21(29-2)14-10-18/h3-15H,16H2,1-2H3. The van der Waals surface area contributed by atoms with Crippen LogP contribution in [0, 0.1) is 0 Å². The SMILES string of the molecule is COc1ccc(C(=O)Cc2cc(-c3ccc(OC)cc3)nc3ccccc23)cc1. The van der Waals surface area contributed by atoms with Gasteiger partial charge in [-0.3, -0.25) is 4.79 Å². The van der Waals surface area contributed by atoms with Gasteiger partial charge in [0.05, 0.1) is 25.4 Å². The maximum Gasteiger partial charge on any atom is 0.167 e. The Morgan fingerprint density at radius 2 is 1.45 bits per heavy atom. The average Bonchev–Trinajstić information content (AvgIpc) is 2.79. The lowest BCUT2D eigenvalue weighted by Crippen LogP contribution is -2.05. The van der Waals surface area contributed by atoms with Crippen molar-refractivity contribution in [1.29, 1.82) is 0 Å². The van der Waals surface area contributed by atoms with E-state index in [-0.39, 0.29) is 5.78 Å². The van der Waals surface area contributed by atoms with Gasteiger partial charge in [-0.2, -0.15) is 0 Å². The second-order valence-electron chi connectivity index (χ2n) is 6.74. The smallest absolute Gasteiger partial charge is 0.167 e. The van der Waals surface area contributed by atoms with Gasteiger partial charge in [-0.25, -0.2) is 4.98 Å². The number of nitrogens with zero attached hydrogens (tertiary/aromatic N) is 1. The Morgan fingerprint density at radius 1 is 0.828 bits per heavy atom. The van der Waals surface area contributed by atoms with E-state index < -0.39 is 0 Å². The summed E-state index contributed by atoms with van der Waals surface area (Å²) < 4.78 is 10.4. The first-order valence-corrected chi connectivity index (χ1v) is 9.38. The summed E-state index contributed by atoms with van der Waals surface area (Å²) in [5.74, 6) is 1.59. The minimum absolute atomic E-state index is 0.0599. The van der Waals surface area contributed by atoms with E-state index >= 15 is 0 Å². The second-order valence-corrected chi connectivity index (χ2v) is 6.74. The molecular formula is C25H21NO3.